The number of thioether (sulfide) groups is 1. The first-order chi connectivity index (χ1) is 13.5. The third-order valence-electron chi connectivity index (χ3n) is 3.82. The molecule has 1 aromatic heterocycles. The Morgan fingerprint density at radius 2 is 1.79 bits per heavy atom. The summed E-state index contributed by atoms with van der Waals surface area (Å²) in [5.41, 5.74) is 1.67. The number of nitrogens with zero attached hydrogens (tertiary/aromatic N) is 3. The van der Waals surface area contributed by atoms with Crippen LogP contribution in [0.2, 0.25) is 0 Å². The number of hydrogen-bond donors (Lipinski definition) is 1. The van der Waals surface area contributed by atoms with Crippen molar-refractivity contribution < 1.29 is 22.6 Å². The van der Waals surface area contributed by atoms with Crippen LogP contribution >= 0.6 is 11.8 Å². The third-order valence-corrected chi connectivity index (χ3v) is 4.84. The van der Waals surface area contributed by atoms with Crippen LogP contribution in [0.3, 0.4) is 0 Å². The average Bonchev–Trinajstić information content (AvgIpc) is 3.02. The molecule has 3 rings (SSSR count). The van der Waals surface area contributed by atoms with Crippen LogP contribution in [0.1, 0.15) is 17.0 Å². The van der Waals surface area contributed by atoms with E-state index in [0.717, 1.165) is 11.1 Å². The van der Waals surface area contributed by atoms with Gasteiger partial charge in [0.25, 0.3) is 0 Å². The number of rotatable bonds is 8. The number of nitrogens with two attached hydrogens (primary N) is 1. The molecule has 28 heavy (non-hydrogen) atoms. The maximum atomic E-state index is 13.0. The summed E-state index contributed by atoms with van der Waals surface area (Å²) in [7, 11) is 1.38. The first-order valence-corrected chi connectivity index (χ1v) is 9.13. The highest BCUT2D eigenvalue weighted by Gasteiger charge is 2.14. The van der Waals surface area contributed by atoms with Crippen molar-refractivity contribution in [1.82, 2.24) is 14.9 Å². The molecule has 6 nitrogen and oxygen atoms in total. The monoisotopic (exact) mass is 410 g/mol. The third kappa shape index (κ3) is 4.89. The van der Waals surface area contributed by atoms with Crippen molar-refractivity contribution in [2.24, 2.45) is 0 Å². The summed E-state index contributed by atoms with van der Waals surface area (Å²) in [4.78, 5) is 0. The van der Waals surface area contributed by atoms with E-state index in [4.69, 9.17) is 10.6 Å². The van der Waals surface area contributed by atoms with Crippen molar-refractivity contribution in [3.63, 3.8) is 0 Å². The summed E-state index contributed by atoms with van der Waals surface area (Å²) >= 11 is 1.33. The van der Waals surface area contributed by atoms with Gasteiger partial charge < -0.3 is 15.3 Å². The Hall–Kier alpha value is -2.88. The van der Waals surface area contributed by atoms with Crippen LogP contribution in [0.5, 0.6) is 11.5 Å². The van der Waals surface area contributed by atoms with Gasteiger partial charge in [-0.25, -0.2) is 9.07 Å². The second kappa shape index (κ2) is 8.87. The van der Waals surface area contributed by atoms with Gasteiger partial charge in [0.1, 0.15) is 5.82 Å². The van der Waals surface area contributed by atoms with Gasteiger partial charge in [0.2, 0.25) is 5.16 Å². The Balaban J connectivity index is 1.66. The summed E-state index contributed by atoms with van der Waals surface area (Å²) < 4.78 is 48.7. The second-order valence-electron chi connectivity index (χ2n) is 5.72. The van der Waals surface area contributed by atoms with Crippen molar-refractivity contribution >= 4 is 11.8 Å². The van der Waals surface area contributed by atoms with Crippen LogP contribution in [0.15, 0.2) is 47.6 Å². The molecule has 3 aromatic rings. The van der Waals surface area contributed by atoms with Crippen molar-refractivity contribution in [2.75, 3.05) is 13.0 Å². The fourth-order valence-corrected chi connectivity index (χ4v) is 3.27. The molecule has 0 aliphatic heterocycles. The summed E-state index contributed by atoms with van der Waals surface area (Å²) in [6.07, 6.45) is 0.415. The highest BCUT2D eigenvalue weighted by Crippen LogP contribution is 2.31. The van der Waals surface area contributed by atoms with Gasteiger partial charge in [-0.2, -0.15) is 8.78 Å². The van der Waals surface area contributed by atoms with E-state index in [0.29, 0.717) is 23.2 Å². The first-order valence-electron chi connectivity index (χ1n) is 8.14. The van der Waals surface area contributed by atoms with Crippen LogP contribution < -0.4 is 15.3 Å². The van der Waals surface area contributed by atoms with Gasteiger partial charge in [0, 0.05) is 12.2 Å². The lowest BCUT2D eigenvalue weighted by atomic mass is 10.1. The van der Waals surface area contributed by atoms with Gasteiger partial charge in [-0.15, -0.1) is 10.2 Å². The van der Waals surface area contributed by atoms with Gasteiger partial charge in [-0.1, -0.05) is 30.0 Å². The molecule has 0 saturated heterocycles. The Bertz CT molecular complexity index is 935. The van der Waals surface area contributed by atoms with Gasteiger partial charge in [-0.05, 0) is 35.4 Å². The molecule has 0 aliphatic rings. The Labute approximate surface area is 163 Å². The standard InChI is InChI=1S/C18H17F3N4O2S/c1-26-15-8-12(4-7-14(15)27-17(20)21)10-28-18-24-23-16(25(18)22)9-11-2-5-13(19)6-3-11/h2-8,17H,9-10,22H2,1H3. The fourth-order valence-electron chi connectivity index (χ4n) is 2.45. The fraction of sp³-hybridized carbons (Fsp3) is 0.222. The molecule has 0 saturated carbocycles. The molecule has 1 heterocycles. The van der Waals surface area contributed by atoms with Crippen LogP contribution in [-0.4, -0.2) is 28.6 Å². The van der Waals surface area contributed by atoms with E-state index in [1.165, 1.54) is 41.7 Å². The molecule has 0 fully saturated rings. The predicted octanol–water partition coefficient (Wildman–Crippen LogP) is 3.62. The maximum absolute atomic E-state index is 13.0. The number of benzene rings is 2. The quantitative estimate of drug-likeness (QED) is 0.452. The Morgan fingerprint density at radius 1 is 1.07 bits per heavy atom. The van der Waals surface area contributed by atoms with E-state index in [-0.39, 0.29) is 17.3 Å². The van der Waals surface area contributed by atoms with Crippen LogP contribution in [0.25, 0.3) is 0 Å². The van der Waals surface area contributed by atoms with E-state index < -0.39 is 6.61 Å². The maximum Gasteiger partial charge on any atom is 0.387 e. The minimum absolute atomic E-state index is 0.0326. The van der Waals surface area contributed by atoms with E-state index >= 15 is 0 Å². The van der Waals surface area contributed by atoms with Gasteiger partial charge in [0.15, 0.2) is 17.3 Å². The molecule has 0 bridgehead atoms. The second-order valence-corrected chi connectivity index (χ2v) is 6.67. The summed E-state index contributed by atoms with van der Waals surface area (Å²) in [5.74, 6) is 6.92. The number of aromatic nitrogens is 3. The molecule has 10 heteroatoms. The van der Waals surface area contributed by atoms with Gasteiger partial charge in [-0.3, -0.25) is 0 Å². The number of methoxy groups -OCH3 is 1. The zero-order valence-electron chi connectivity index (χ0n) is 14.8. The molecule has 148 valence electrons. The lowest BCUT2D eigenvalue weighted by Gasteiger charge is -2.11. The summed E-state index contributed by atoms with van der Waals surface area (Å²) in [6, 6.07) is 10.8. The molecular formula is C18H17F3N4O2S. The molecule has 0 atom stereocenters. The van der Waals surface area contributed by atoms with Crippen LogP contribution in [0.4, 0.5) is 13.2 Å². The number of alkyl halides is 2. The number of ether oxygens (including phenoxy) is 2. The van der Waals surface area contributed by atoms with Crippen molar-refractivity contribution in [2.45, 2.75) is 23.9 Å². The number of nitrogen functional groups attached to an aromatic ring is 1. The van der Waals surface area contributed by atoms with Crippen LogP contribution in [-0.2, 0) is 12.2 Å². The summed E-state index contributed by atoms with van der Waals surface area (Å²) in [6.45, 7) is -2.93. The molecule has 2 aromatic carbocycles. The number of halogens is 3. The summed E-state index contributed by atoms with van der Waals surface area (Å²) in [5, 5.41) is 8.63. The first kappa shape index (κ1) is 19.9. The zero-order valence-corrected chi connectivity index (χ0v) is 15.6. The van der Waals surface area contributed by atoms with E-state index in [1.807, 2.05) is 0 Å². The number of hydrogen-bond acceptors (Lipinski definition) is 6. The van der Waals surface area contributed by atoms with E-state index in [1.54, 1.807) is 24.3 Å². The van der Waals surface area contributed by atoms with Gasteiger partial charge >= 0.3 is 6.61 Å². The van der Waals surface area contributed by atoms with E-state index in [2.05, 4.69) is 14.9 Å². The molecule has 0 radical (unpaired) electrons. The molecule has 0 aliphatic carbocycles. The lowest BCUT2D eigenvalue weighted by Crippen LogP contribution is -2.14. The Kier molecular flexibility index (Phi) is 6.30. The van der Waals surface area contributed by atoms with Crippen molar-refractivity contribution in [3.8, 4) is 11.5 Å². The molecule has 2 N–H and O–H groups in total. The largest absolute Gasteiger partial charge is 0.493 e. The van der Waals surface area contributed by atoms with E-state index in [9.17, 15) is 13.2 Å². The minimum atomic E-state index is -2.93. The SMILES string of the molecule is COc1cc(CSc2nnc(Cc3ccc(F)cc3)n2N)ccc1OC(F)F. The topological polar surface area (TPSA) is 75.2 Å². The molecule has 0 amide bonds. The van der Waals surface area contributed by atoms with Crippen LogP contribution in [0, 0.1) is 5.82 Å². The zero-order chi connectivity index (χ0) is 20.1. The van der Waals surface area contributed by atoms with Crippen molar-refractivity contribution in [1.29, 1.82) is 0 Å². The molecule has 0 spiro atoms. The minimum Gasteiger partial charge on any atom is -0.493 e. The van der Waals surface area contributed by atoms with Gasteiger partial charge in [0.05, 0.1) is 7.11 Å². The highest BCUT2D eigenvalue weighted by molar-refractivity contribution is 7.98. The predicted molar refractivity (Wildman–Crippen MR) is 98.6 cm³/mol. The Morgan fingerprint density at radius 3 is 2.46 bits per heavy atom. The normalized spacial score (nSPS) is 11.0. The molecular weight excluding hydrogens is 393 g/mol. The average molecular weight is 410 g/mol. The smallest absolute Gasteiger partial charge is 0.387 e. The lowest BCUT2D eigenvalue weighted by molar-refractivity contribution is -0.0512. The highest BCUT2D eigenvalue weighted by atomic mass is 32.2. The molecule has 0 unspecified atom stereocenters. The van der Waals surface area contributed by atoms with Crippen molar-refractivity contribution in [3.05, 3.63) is 65.2 Å².